The Morgan fingerprint density at radius 3 is 2.62 bits per heavy atom. The van der Waals surface area contributed by atoms with E-state index in [0.29, 0.717) is 24.8 Å². The number of nitrogens with zero attached hydrogens (tertiary/aromatic N) is 3. The van der Waals surface area contributed by atoms with Gasteiger partial charge in [0.2, 0.25) is 5.95 Å². The smallest absolute Gasteiger partial charge is 0.225 e. The highest BCUT2D eigenvalue weighted by Gasteiger charge is 2.20. The van der Waals surface area contributed by atoms with Crippen molar-refractivity contribution in [3.8, 4) is 5.75 Å². The molecule has 1 aromatic heterocycles. The number of nitrogens with one attached hydrogen (secondary N) is 1. The third-order valence-electron chi connectivity index (χ3n) is 4.40. The van der Waals surface area contributed by atoms with Crippen LogP contribution in [0.25, 0.3) is 0 Å². The van der Waals surface area contributed by atoms with Crippen LogP contribution >= 0.6 is 0 Å². The van der Waals surface area contributed by atoms with Gasteiger partial charge < -0.3 is 20.1 Å². The predicted octanol–water partition coefficient (Wildman–Crippen LogP) is 1.44. The van der Waals surface area contributed by atoms with Crippen LogP contribution in [0.2, 0.25) is 0 Å². The summed E-state index contributed by atoms with van der Waals surface area (Å²) in [6, 6.07) is 6.31. The second-order valence-corrected chi connectivity index (χ2v) is 6.16. The second kappa shape index (κ2) is 7.59. The minimum Gasteiger partial charge on any atom is -0.486 e. The van der Waals surface area contributed by atoms with Crippen LogP contribution in [0.4, 0.5) is 5.95 Å². The minimum atomic E-state index is 0.0716. The van der Waals surface area contributed by atoms with Crippen molar-refractivity contribution >= 4 is 5.95 Å². The highest BCUT2D eigenvalue weighted by molar-refractivity contribution is 5.35. The quantitative estimate of drug-likeness (QED) is 0.865. The molecule has 6 heteroatoms. The first-order valence-electron chi connectivity index (χ1n) is 8.26. The van der Waals surface area contributed by atoms with Crippen molar-refractivity contribution < 1.29 is 9.84 Å². The molecule has 0 aliphatic carbocycles. The summed E-state index contributed by atoms with van der Waals surface area (Å²) in [4.78, 5) is 10.9. The number of rotatable bonds is 5. The first kappa shape index (κ1) is 16.7. The van der Waals surface area contributed by atoms with Gasteiger partial charge in [0.15, 0.2) is 5.75 Å². The average molecular weight is 328 g/mol. The summed E-state index contributed by atoms with van der Waals surface area (Å²) in [5.74, 6) is 1.34. The van der Waals surface area contributed by atoms with Crippen molar-refractivity contribution in [3.63, 3.8) is 0 Å². The first-order chi connectivity index (χ1) is 11.7. The number of hydrogen-bond acceptors (Lipinski definition) is 6. The Bertz CT molecular complexity index is 655. The fourth-order valence-electron chi connectivity index (χ4n) is 2.91. The van der Waals surface area contributed by atoms with Gasteiger partial charge in [0.1, 0.15) is 6.61 Å². The van der Waals surface area contributed by atoms with E-state index in [2.05, 4.69) is 52.2 Å². The van der Waals surface area contributed by atoms with E-state index < -0.39 is 0 Å². The number of aryl methyl sites for hydroxylation is 2. The van der Waals surface area contributed by atoms with Crippen LogP contribution in [0, 0.1) is 13.8 Å². The van der Waals surface area contributed by atoms with Crippen molar-refractivity contribution in [2.24, 2.45) is 0 Å². The molecule has 1 aliphatic rings. The van der Waals surface area contributed by atoms with Gasteiger partial charge in [0.05, 0.1) is 19.0 Å². The first-order valence-corrected chi connectivity index (χ1v) is 8.26. The summed E-state index contributed by atoms with van der Waals surface area (Å²) < 4.78 is 5.84. The number of aliphatic hydroxyl groups is 1. The molecule has 2 heterocycles. The Kier molecular flexibility index (Phi) is 5.27. The number of anilines is 1. The molecule has 24 heavy (non-hydrogen) atoms. The highest BCUT2D eigenvalue weighted by Crippen LogP contribution is 2.18. The molecule has 1 unspecified atom stereocenters. The minimum absolute atomic E-state index is 0.0716. The maximum atomic E-state index is 9.27. The van der Waals surface area contributed by atoms with E-state index in [-0.39, 0.29) is 12.6 Å². The van der Waals surface area contributed by atoms with Crippen LogP contribution in [0.3, 0.4) is 0 Å². The number of aromatic nitrogens is 2. The summed E-state index contributed by atoms with van der Waals surface area (Å²) in [6.45, 7) is 7.17. The van der Waals surface area contributed by atoms with E-state index in [9.17, 15) is 5.11 Å². The van der Waals surface area contributed by atoms with Crippen molar-refractivity contribution in [2.75, 3.05) is 31.1 Å². The number of hydrogen-bond donors (Lipinski definition) is 2. The Labute approximate surface area is 142 Å². The van der Waals surface area contributed by atoms with Crippen LogP contribution in [0.1, 0.15) is 16.7 Å². The standard InChI is InChI=1S/C18H24N4O2/c1-13-4-3-5-14(2)17(13)12-24-16-8-20-18(21-9-16)22-7-6-19-15(10-22)11-23/h3-5,8-9,15,19,23H,6-7,10-12H2,1-2H3. The van der Waals surface area contributed by atoms with Gasteiger partial charge in [0, 0.05) is 25.7 Å². The van der Waals surface area contributed by atoms with Gasteiger partial charge in [-0.25, -0.2) is 9.97 Å². The maximum absolute atomic E-state index is 9.27. The summed E-state index contributed by atoms with van der Waals surface area (Å²) >= 11 is 0. The molecule has 1 aromatic carbocycles. The van der Waals surface area contributed by atoms with Crippen LogP contribution in [0.5, 0.6) is 5.75 Å². The molecule has 0 saturated carbocycles. The molecule has 1 atom stereocenters. The van der Waals surface area contributed by atoms with Gasteiger partial charge in [-0.15, -0.1) is 0 Å². The van der Waals surface area contributed by atoms with E-state index in [1.54, 1.807) is 12.4 Å². The van der Waals surface area contributed by atoms with Crippen LogP contribution in [0.15, 0.2) is 30.6 Å². The fraction of sp³-hybridized carbons (Fsp3) is 0.444. The van der Waals surface area contributed by atoms with Crippen molar-refractivity contribution in [1.82, 2.24) is 15.3 Å². The van der Waals surface area contributed by atoms with Gasteiger partial charge in [-0.2, -0.15) is 0 Å². The van der Waals surface area contributed by atoms with E-state index >= 15 is 0 Å². The van der Waals surface area contributed by atoms with E-state index in [4.69, 9.17) is 4.74 Å². The lowest BCUT2D eigenvalue weighted by Crippen LogP contribution is -2.52. The molecule has 2 N–H and O–H groups in total. The molecule has 1 aliphatic heterocycles. The zero-order chi connectivity index (χ0) is 16.9. The molecule has 3 rings (SSSR count). The van der Waals surface area contributed by atoms with Crippen LogP contribution in [-0.4, -0.2) is 47.4 Å². The fourth-order valence-corrected chi connectivity index (χ4v) is 2.91. The summed E-state index contributed by atoms with van der Waals surface area (Å²) in [7, 11) is 0. The lowest BCUT2D eigenvalue weighted by molar-refractivity contribution is 0.235. The Hall–Kier alpha value is -2.18. The van der Waals surface area contributed by atoms with Gasteiger partial charge >= 0.3 is 0 Å². The monoisotopic (exact) mass is 328 g/mol. The van der Waals surface area contributed by atoms with Gasteiger partial charge in [-0.3, -0.25) is 0 Å². The molecule has 1 fully saturated rings. The molecule has 0 amide bonds. The van der Waals surface area contributed by atoms with Crippen molar-refractivity contribution in [2.45, 2.75) is 26.5 Å². The molecule has 1 saturated heterocycles. The van der Waals surface area contributed by atoms with Gasteiger partial charge in [-0.05, 0) is 30.5 Å². The lowest BCUT2D eigenvalue weighted by Gasteiger charge is -2.32. The topological polar surface area (TPSA) is 70.5 Å². The van der Waals surface area contributed by atoms with Gasteiger partial charge in [-0.1, -0.05) is 18.2 Å². The summed E-state index contributed by atoms with van der Waals surface area (Å²) in [5.41, 5.74) is 3.65. The largest absolute Gasteiger partial charge is 0.486 e. The normalized spacial score (nSPS) is 17.8. The zero-order valence-electron chi connectivity index (χ0n) is 14.2. The SMILES string of the molecule is Cc1cccc(C)c1COc1cnc(N2CCNC(CO)C2)nc1. The molecule has 2 aromatic rings. The maximum Gasteiger partial charge on any atom is 0.225 e. The second-order valence-electron chi connectivity index (χ2n) is 6.16. The Morgan fingerprint density at radius 2 is 1.96 bits per heavy atom. The number of benzene rings is 1. The van der Waals surface area contributed by atoms with E-state index in [0.717, 1.165) is 13.1 Å². The average Bonchev–Trinajstić information content (AvgIpc) is 2.62. The van der Waals surface area contributed by atoms with E-state index in [1.807, 2.05) is 0 Å². The zero-order valence-corrected chi connectivity index (χ0v) is 14.2. The van der Waals surface area contributed by atoms with E-state index in [1.165, 1.54) is 16.7 Å². The Morgan fingerprint density at radius 1 is 1.25 bits per heavy atom. The molecular formula is C18H24N4O2. The molecule has 6 nitrogen and oxygen atoms in total. The molecule has 0 bridgehead atoms. The van der Waals surface area contributed by atoms with Gasteiger partial charge in [0.25, 0.3) is 0 Å². The van der Waals surface area contributed by atoms with Crippen LogP contribution in [-0.2, 0) is 6.61 Å². The molecule has 0 spiro atoms. The Balaban J connectivity index is 1.62. The third kappa shape index (κ3) is 3.83. The summed E-state index contributed by atoms with van der Waals surface area (Å²) in [6.07, 6.45) is 3.43. The van der Waals surface area contributed by atoms with Crippen molar-refractivity contribution in [1.29, 1.82) is 0 Å². The molecule has 0 radical (unpaired) electrons. The number of aliphatic hydroxyl groups excluding tert-OH is 1. The third-order valence-corrected chi connectivity index (χ3v) is 4.40. The molecular weight excluding hydrogens is 304 g/mol. The van der Waals surface area contributed by atoms with Crippen LogP contribution < -0.4 is 15.0 Å². The lowest BCUT2D eigenvalue weighted by atomic mass is 10.0. The van der Waals surface area contributed by atoms with Crippen molar-refractivity contribution in [3.05, 3.63) is 47.3 Å². The number of piperazine rings is 1. The summed E-state index contributed by atoms with van der Waals surface area (Å²) in [5, 5.41) is 12.5. The highest BCUT2D eigenvalue weighted by atomic mass is 16.5. The molecule has 128 valence electrons. The predicted molar refractivity (Wildman–Crippen MR) is 93.4 cm³/mol. The number of ether oxygens (including phenoxy) is 1.